The third-order valence-corrected chi connectivity index (χ3v) is 9.65. The Morgan fingerprint density at radius 1 is 1.07 bits per heavy atom. The Balaban J connectivity index is 1.44. The molecule has 15 heteroatoms. The van der Waals surface area contributed by atoms with Gasteiger partial charge in [-0.05, 0) is 43.2 Å². The van der Waals surface area contributed by atoms with Crippen molar-refractivity contribution in [2.75, 3.05) is 29.9 Å². The number of hydrogen-bond acceptors (Lipinski definition) is 7. The highest BCUT2D eigenvalue weighted by atomic mass is 32.2. The third-order valence-electron chi connectivity index (χ3n) is 7.88. The van der Waals surface area contributed by atoms with Gasteiger partial charge in [-0.15, -0.1) is 0 Å². The van der Waals surface area contributed by atoms with E-state index < -0.39 is 55.7 Å². The first kappa shape index (κ1) is 30.1. The molecule has 3 aromatic rings. The molecule has 12 nitrogen and oxygen atoms in total. The Morgan fingerprint density at radius 3 is 2.33 bits per heavy atom. The number of rotatable bonds is 7. The Bertz CT molecular complexity index is 1710. The number of carboxylic acids is 1. The number of nitrogens with two attached hydrogens (primary N) is 1. The summed E-state index contributed by atoms with van der Waals surface area (Å²) in [6.45, 7) is 4.09. The van der Waals surface area contributed by atoms with Crippen molar-refractivity contribution in [2.45, 2.75) is 43.5 Å². The van der Waals surface area contributed by atoms with Crippen LogP contribution in [0.2, 0.25) is 0 Å². The largest absolute Gasteiger partial charge is 0.481 e. The molecule has 228 valence electrons. The minimum absolute atomic E-state index is 0.0153. The fourth-order valence-corrected chi connectivity index (χ4v) is 7.24. The Kier molecular flexibility index (Phi) is 7.73. The van der Waals surface area contributed by atoms with E-state index >= 15 is 0 Å². The second-order valence-electron chi connectivity index (χ2n) is 11.3. The number of nitrogens with one attached hydrogen (secondary N) is 2. The van der Waals surface area contributed by atoms with Crippen LogP contribution in [0.4, 0.5) is 20.3 Å². The van der Waals surface area contributed by atoms with Crippen LogP contribution in [-0.2, 0) is 26.8 Å². The highest BCUT2D eigenvalue weighted by Gasteiger charge is 2.41. The van der Waals surface area contributed by atoms with Gasteiger partial charge < -0.3 is 21.1 Å². The molecular weight excluding hydrogens is 586 g/mol. The van der Waals surface area contributed by atoms with Crippen molar-refractivity contribution < 1.29 is 36.7 Å². The first-order valence-corrected chi connectivity index (χ1v) is 14.9. The number of carbonyl (C=O) groups excluding carboxylic acids is 2. The molecule has 2 amide bonds. The molecule has 0 bridgehead atoms. The quantitative estimate of drug-likeness (QED) is 0.313. The maximum Gasteiger partial charge on any atom is 0.306 e. The lowest BCUT2D eigenvalue weighted by molar-refractivity contribution is -0.142. The van der Waals surface area contributed by atoms with Crippen molar-refractivity contribution in [1.29, 1.82) is 0 Å². The number of fused-ring (bicyclic) bond motifs is 1. The average Bonchev–Trinajstić information content (AvgIpc) is 3.35. The molecule has 5 N–H and O–H groups in total. The fraction of sp³-hybridized carbons (Fsp3) is 0.357. The summed E-state index contributed by atoms with van der Waals surface area (Å²) < 4.78 is 55.6. The summed E-state index contributed by atoms with van der Waals surface area (Å²) in [5.74, 6) is -4.94. The number of hydrogen-bond donors (Lipinski definition) is 4. The predicted octanol–water partition coefficient (Wildman–Crippen LogP) is 2.82. The van der Waals surface area contributed by atoms with Crippen molar-refractivity contribution in [3.8, 4) is 0 Å². The number of amides is 2. The number of nitrogens with zero attached hydrogens (tertiary/aromatic N) is 3. The molecular formula is C28H30F2N6O6S. The van der Waals surface area contributed by atoms with E-state index in [1.54, 1.807) is 19.9 Å². The van der Waals surface area contributed by atoms with Gasteiger partial charge in [-0.3, -0.25) is 19.5 Å². The van der Waals surface area contributed by atoms with E-state index in [1.165, 1.54) is 12.1 Å². The van der Waals surface area contributed by atoms with E-state index in [4.69, 9.17) is 5.73 Å². The number of aliphatic carboxylic acids is 1. The lowest BCUT2D eigenvalue weighted by Gasteiger charge is -2.36. The topological polar surface area (TPSA) is 179 Å². The Morgan fingerprint density at radius 2 is 1.72 bits per heavy atom. The number of aromatic nitrogens is 2. The summed E-state index contributed by atoms with van der Waals surface area (Å²) >= 11 is 0. The molecule has 0 radical (unpaired) electrons. The van der Waals surface area contributed by atoms with Gasteiger partial charge in [0.05, 0.1) is 21.9 Å². The van der Waals surface area contributed by atoms with Crippen LogP contribution in [0.3, 0.4) is 0 Å². The molecule has 3 heterocycles. The normalized spacial score (nSPS) is 17.3. The van der Waals surface area contributed by atoms with Gasteiger partial charge in [0.15, 0.2) is 5.82 Å². The molecule has 0 saturated carbocycles. The molecule has 2 aliphatic rings. The molecule has 1 fully saturated rings. The van der Waals surface area contributed by atoms with Crippen LogP contribution >= 0.6 is 0 Å². The van der Waals surface area contributed by atoms with Crippen LogP contribution in [0.1, 0.15) is 58.7 Å². The second kappa shape index (κ2) is 11.0. The Labute approximate surface area is 245 Å². The Hall–Kier alpha value is -4.37. The van der Waals surface area contributed by atoms with Crippen molar-refractivity contribution in [3.05, 3.63) is 70.4 Å². The number of primary amides is 1. The molecule has 5 rings (SSSR count). The van der Waals surface area contributed by atoms with Gasteiger partial charge >= 0.3 is 5.97 Å². The summed E-state index contributed by atoms with van der Waals surface area (Å²) in [4.78, 5) is 38.5. The van der Waals surface area contributed by atoms with Gasteiger partial charge in [-0.1, -0.05) is 13.8 Å². The maximum absolute atomic E-state index is 13.9. The smallest absolute Gasteiger partial charge is 0.306 e. The predicted molar refractivity (Wildman–Crippen MR) is 151 cm³/mol. The number of piperidine rings is 1. The van der Waals surface area contributed by atoms with E-state index in [2.05, 4.69) is 15.5 Å². The van der Waals surface area contributed by atoms with Crippen LogP contribution in [0.25, 0.3) is 0 Å². The van der Waals surface area contributed by atoms with Crippen molar-refractivity contribution in [1.82, 2.24) is 14.5 Å². The maximum atomic E-state index is 13.9. The zero-order valence-electron chi connectivity index (χ0n) is 23.4. The van der Waals surface area contributed by atoms with E-state index in [0.29, 0.717) is 48.9 Å². The van der Waals surface area contributed by atoms with E-state index in [9.17, 15) is 36.7 Å². The molecule has 0 atom stereocenters. The van der Waals surface area contributed by atoms with Crippen LogP contribution < -0.4 is 16.0 Å². The van der Waals surface area contributed by atoms with E-state index in [-0.39, 0.29) is 30.0 Å². The van der Waals surface area contributed by atoms with E-state index in [0.717, 1.165) is 16.4 Å². The molecule has 43 heavy (non-hydrogen) atoms. The summed E-state index contributed by atoms with van der Waals surface area (Å²) in [5, 5.41) is 19.0. The zero-order valence-corrected chi connectivity index (χ0v) is 24.2. The van der Waals surface area contributed by atoms with E-state index in [1.807, 2.05) is 4.90 Å². The lowest BCUT2D eigenvalue weighted by Crippen LogP contribution is -2.45. The highest BCUT2D eigenvalue weighted by Crippen LogP contribution is 2.38. The number of H-pyrrole nitrogens is 1. The average molecular weight is 617 g/mol. The van der Waals surface area contributed by atoms with Crippen LogP contribution in [0.15, 0.2) is 41.3 Å². The van der Waals surface area contributed by atoms with Gasteiger partial charge in [-0.25, -0.2) is 17.2 Å². The fourth-order valence-electron chi connectivity index (χ4n) is 5.62. The number of aromatic amines is 1. The molecule has 1 aromatic heterocycles. The number of carbonyl (C=O) groups is 3. The lowest BCUT2D eigenvalue weighted by atomic mass is 9.84. The minimum atomic E-state index is -4.35. The van der Waals surface area contributed by atoms with Gasteiger partial charge in [-0.2, -0.15) is 9.40 Å². The zero-order chi connectivity index (χ0) is 31.3. The SMILES string of the molecule is CC1(C)CN(S(=O)(=O)c2cc(F)cc(F)c2)Cc2c(NC(=O)c3cc(N4CCC(C(=O)O)CC4)ccc3C(N)=O)n[nH]c21. The molecule has 0 spiro atoms. The van der Waals surface area contributed by atoms with Crippen LogP contribution in [-0.4, -0.2) is 65.4 Å². The van der Waals surface area contributed by atoms with Crippen LogP contribution in [0, 0.1) is 17.6 Å². The number of sulfonamides is 1. The number of halogens is 2. The van der Waals surface area contributed by atoms with Crippen molar-refractivity contribution in [2.24, 2.45) is 11.7 Å². The highest BCUT2D eigenvalue weighted by molar-refractivity contribution is 7.89. The molecule has 0 unspecified atom stereocenters. The summed E-state index contributed by atoms with van der Waals surface area (Å²) in [6, 6.07) is 6.60. The second-order valence-corrected chi connectivity index (χ2v) is 13.3. The number of anilines is 2. The number of benzene rings is 2. The standard InChI is InChI=1S/C28H30F2N6O6S/c1-28(2)14-36(43(41,42)19-10-16(29)9-17(30)11-19)13-22-23(28)33-34-25(22)32-26(38)21-12-18(3-4-20(21)24(31)37)35-7-5-15(6-8-35)27(39)40/h3-4,9-12,15H,5-8,13-14H2,1-2H3,(H2,31,37)(H,39,40)(H2,32,33,34,38). The molecule has 2 aliphatic heterocycles. The molecule has 1 saturated heterocycles. The number of carboxylic acid groups (broad SMARTS) is 1. The monoisotopic (exact) mass is 616 g/mol. The van der Waals surface area contributed by atoms with Gasteiger partial charge in [0.2, 0.25) is 15.9 Å². The van der Waals surface area contributed by atoms with Crippen molar-refractivity contribution in [3.63, 3.8) is 0 Å². The van der Waals surface area contributed by atoms with Crippen LogP contribution in [0.5, 0.6) is 0 Å². The summed E-state index contributed by atoms with van der Waals surface area (Å²) in [7, 11) is -4.35. The minimum Gasteiger partial charge on any atom is -0.481 e. The third kappa shape index (κ3) is 5.82. The first-order chi connectivity index (χ1) is 20.2. The summed E-state index contributed by atoms with van der Waals surface area (Å²) in [6.07, 6.45) is 0.844. The first-order valence-electron chi connectivity index (χ1n) is 13.4. The van der Waals surface area contributed by atoms with Gasteiger partial charge in [0.1, 0.15) is 11.6 Å². The summed E-state index contributed by atoms with van der Waals surface area (Å²) in [5.41, 5.74) is 6.13. The molecule has 0 aliphatic carbocycles. The van der Waals surface area contributed by atoms with Crippen molar-refractivity contribution >= 4 is 39.3 Å². The van der Waals surface area contributed by atoms with Gasteiger partial charge in [0, 0.05) is 54.6 Å². The van der Waals surface area contributed by atoms with Gasteiger partial charge in [0.25, 0.3) is 5.91 Å². The molecule has 2 aromatic carbocycles.